The van der Waals surface area contributed by atoms with Gasteiger partial charge in [-0.3, -0.25) is 15.0 Å². The highest BCUT2D eigenvalue weighted by Gasteiger charge is 2.20. The van der Waals surface area contributed by atoms with Gasteiger partial charge in [0.15, 0.2) is 0 Å². The summed E-state index contributed by atoms with van der Waals surface area (Å²) in [6, 6.07) is 4.75. The average Bonchev–Trinajstić information content (AvgIpc) is 2.55. The first-order valence-corrected chi connectivity index (χ1v) is 7.42. The molecule has 7 nitrogen and oxygen atoms in total. The molecule has 2 heterocycles. The first-order valence-electron chi connectivity index (χ1n) is 7.42. The number of non-ortho nitro benzene ring substituents is 1. The minimum atomic E-state index is -0.414. The fourth-order valence-corrected chi connectivity index (χ4v) is 2.83. The monoisotopic (exact) mass is 314 g/mol. The van der Waals surface area contributed by atoms with Crippen molar-refractivity contribution in [3.05, 3.63) is 57.2 Å². The number of nitrogens with zero attached hydrogens (tertiary/aromatic N) is 4. The van der Waals surface area contributed by atoms with E-state index in [0.717, 1.165) is 42.2 Å². The molecule has 1 aromatic carbocycles. The molecule has 0 amide bonds. The predicted molar refractivity (Wildman–Crippen MR) is 84.2 cm³/mol. The van der Waals surface area contributed by atoms with Crippen LogP contribution in [0.15, 0.2) is 24.4 Å². The molecule has 0 aliphatic carbocycles. The van der Waals surface area contributed by atoms with Crippen molar-refractivity contribution in [3.63, 3.8) is 0 Å². The van der Waals surface area contributed by atoms with Crippen LogP contribution in [0.5, 0.6) is 5.75 Å². The van der Waals surface area contributed by atoms with Gasteiger partial charge in [0, 0.05) is 55.1 Å². The number of fused-ring (bicyclic) bond motifs is 1. The Morgan fingerprint density at radius 3 is 3.00 bits per heavy atom. The van der Waals surface area contributed by atoms with Crippen molar-refractivity contribution in [2.24, 2.45) is 0 Å². The van der Waals surface area contributed by atoms with Crippen molar-refractivity contribution >= 4 is 5.69 Å². The fraction of sp³-hybridized carbons (Fsp3) is 0.375. The van der Waals surface area contributed by atoms with Crippen molar-refractivity contribution in [1.29, 1.82) is 0 Å². The molecular weight excluding hydrogens is 296 g/mol. The topological polar surface area (TPSA) is 81.4 Å². The van der Waals surface area contributed by atoms with Crippen molar-refractivity contribution in [3.8, 4) is 5.75 Å². The third kappa shape index (κ3) is 3.29. The van der Waals surface area contributed by atoms with Crippen LogP contribution in [0.4, 0.5) is 5.69 Å². The molecule has 7 heteroatoms. The number of methoxy groups -OCH3 is 1. The summed E-state index contributed by atoms with van der Waals surface area (Å²) in [6.45, 7) is 4.24. The lowest BCUT2D eigenvalue weighted by molar-refractivity contribution is -0.384. The summed E-state index contributed by atoms with van der Waals surface area (Å²) in [5.74, 6) is 1.35. The summed E-state index contributed by atoms with van der Waals surface area (Å²) in [4.78, 5) is 21.5. The van der Waals surface area contributed by atoms with Gasteiger partial charge in [0.25, 0.3) is 5.69 Å². The Bertz CT molecular complexity index is 748. The minimum Gasteiger partial charge on any atom is -0.496 e. The third-order valence-electron chi connectivity index (χ3n) is 4.01. The molecule has 2 aromatic rings. The Morgan fingerprint density at radius 1 is 1.43 bits per heavy atom. The van der Waals surface area contributed by atoms with E-state index in [0.29, 0.717) is 12.3 Å². The van der Waals surface area contributed by atoms with Crippen LogP contribution < -0.4 is 4.74 Å². The second-order valence-electron chi connectivity index (χ2n) is 5.60. The first kappa shape index (κ1) is 15.4. The maximum absolute atomic E-state index is 10.9. The van der Waals surface area contributed by atoms with Gasteiger partial charge >= 0.3 is 0 Å². The number of hydrogen-bond donors (Lipinski definition) is 0. The molecule has 0 atom stereocenters. The van der Waals surface area contributed by atoms with Gasteiger partial charge in [-0.1, -0.05) is 0 Å². The van der Waals surface area contributed by atoms with Gasteiger partial charge in [-0.15, -0.1) is 0 Å². The van der Waals surface area contributed by atoms with E-state index in [9.17, 15) is 10.1 Å². The van der Waals surface area contributed by atoms with E-state index in [1.165, 1.54) is 19.2 Å². The Morgan fingerprint density at radius 2 is 2.26 bits per heavy atom. The summed E-state index contributed by atoms with van der Waals surface area (Å²) in [5, 5.41) is 10.9. The highest BCUT2D eigenvalue weighted by molar-refractivity contribution is 5.44. The van der Waals surface area contributed by atoms with Crippen LogP contribution in [0.25, 0.3) is 0 Å². The zero-order valence-electron chi connectivity index (χ0n) is 13.2. The molecule has 0 radical (unpaired) electrons. The Labute approximate surface area is 134 Å². The lowest BCUT2D eigenvalue weighted by Gasteiger charge is -2.28. The van der Waals surface area contributed by atoms with Crippen molar-refractivity contribution in [1.82, 2.24) is 14.9 Å². The lowest BCUT2D eigenvalue weighted by atomic mass is 10.1. The highest BCUT2D eigenvalue weighted by atomic mass is 16.6. The average molecular weight is 314 g/mol. The molecule has 0 saturated carbocycles. The highest BCUT2D eigenvalue weighted by Crippen LogP contribution is 2.27. The summed E-state index contributed by atoms with van der Waals surface area (Å²) >= 11 is 0. The zero-order chi connectivity index (χ0) is 16.4. The van der Waals surface area contributed by atoms with Gasteiger partial charge in [0.2, 0.25) is 0 Å². The van der Waals surface area contributed by atoms with Crippen LogP contribution in [0, 0.1) is 17.0 Å². The summed E-state index contributed by atoms with van der Waals surface area (Å²) in [6.07, 6.45) is 2.77. The van der Waals surface area contributed by atoms with E-state index in [4.69, 9.17) is 4.74 Å². The molecule has 0 saturated heterocycles. The van der Waals surface area contributed by atoms with Crippen LogP contribution in [0.1, 0.15) is 22.6 Å². The molecule has 0 unspecified atom stereocenters. The standard InChI is InChI=1S/C16H18N4O3/c1-11-17-8-13-10-19(6-5-15(13)18-11)9-12-3-4-14(20(21)22)7-16(12)23-2/h3-4,7-8H,5-6,9-10H2,1-2H3. The van der Waals surface area contributed by atoms with E-state index >= 15 is 0 Å². The normalized spacial score (nSPS) is 14.3. The summed E-state index contributed by atoms with van der Waals surface area (Å²) in [5.41, 5.74) is 3.24. The van der Waals surface area contributed by atoms with Crippen LogP contribution >= 0.6 is 0 Å². The maximum atomic E-state index is 10.9. The van der Waals surface area contributed by atoms with Gasteiger partial charge < -0.3 is 4.74 Å². The minimum absolute atomic E-state index is 0.0402. The van der Waals surface area contributed by atoms with E-state index in [1.54, 1.807) is 6.07 Å². The second-order valence-corrected chi connectivity index (χ2v) is 5.60. The van der Waals surface area contributed by atoms with Crippen LogP contribution in [0.3, 0.4) is 0 Å². The number of nitro groups is 1. The Balaban J connectivity index is 1.78. The predicted octanol–water partition coefficient (Wildman–Crippen LogP) is 2.26. The number of rotatable bonds is 4. The smallest absolute Gasteiger partial charge is 0.273 e. The molecule has 23 heavy (non-hydrogen) atoms. The Hall–Kier alpha value is -2.54. The third-order valence-corrected chi connectivity index (χ3v) is 4.01. The number of aryl methyl sites for hydroxylation is 1. The molecule has 1 aromatic heterocycles. The molecule has 0 fully saturated rings. The summed E-state index contributed by atoms with van der Waals surface area (Å²) < 4.78 is 5.31. The van der Waals surface area contributed by atoms with Crippen LogP contribution in [0.2, 0.25) is 0 Å². The zero-order valence-corrected chi connectivity index (χ0v) is 13.2. The Kier molecular flexibility index (Phi) is 4.20. The SMILES string of the molecule is COc1cc([N+](=O)[O-])ccc1CN1CCc2nc(C)ncc2C1. The van der Waals surface area contributed by atoms with Gasteiger partial charge in [-0.2, -0.15) is 0 Å². The number of nitro benzene ring substituents is 1. The largest absolute Gasteiger partial charge is 0.496 e. The molecule has 0 spiro atoms. The quantitative estimate of drug-likeness (QED) is 0.636. The van der Waals surface area contributed by atoms with Crippen molar-refractivity contribution in [2.75, 3.05) is 13.7 Å². The number of aromatic nitrogens is 2. The molecule has 3 rings (SSSR count). The number of ether oxygens (including phenoxy) is 1. The van der Waals surface area contributed by atoms with E-state index in [-0.39, 0.29) is 5.69 Å². The van der Waals surface area contributed by atoms with Crippen molar-refractivity contribution in [2.45, 2.75) is 26.4 Å². The van der Waals surface area contributed by atoms with E-state index < -0.39 is 4.92 Å². The van der Waals surface area contributed by atoms with Gasteiger partial charge in [0.05, 0.1) is 18.1 Å². The van der Waals surface area contributed by atoms with Gasteiger partial charge in [-0.25, -0.2) is 9.97 Å². The molecule has 120 valence electrons. The molecule has 1 aliphatic rings. The van der Waals surface area contributed by atoms with Crippen LogP contribution in [-0.4, -0.2) is 33.4 Å². The summed E-state index contributed by atoms with van der Waals surface area (Å²) in [7, 11) is 1.53. The lowest BCUT2D eigenvalue weighted by Crippen LogP contribution is -2.31. The van der Waals surface area contributed by atoms with Crippen molar-refractivity contribution < 1.29 is 9.66 Å². The maximum Gasteiger partial charge on any atom is 0.273 e. The second kappa shape index (κ2) is 6.29. The van der Waals surface area contributed by atoms with Gasteiger partial charge in [-0.05, 0) is 13.0 Å². The molecule has 0 bridgehead atoms. The van der Waals surface area contributed by atoms with E-state index in [1.807, 2.05) is 13.1 Å². The molecular formula is C16H18N4O3. The van der Waals surface area contributed by atoms with Gasteiger partial charge in [0.1, 0.15) is 11.6 Å². The molecule has 0 N–H and O–H groups in total. The number of hydrogen-bond acceptors (Lipinski definition) is 6. The fourth-order valence-electron chi connectivity index (χ4n) is 2.83. The number of benzene rings is 1. The van der Waals surface area contributed by atoms with Crippen LogP contribution in [-0.2, 0) is 19.5 Å². The first-order chi connectivity index (χ1) is 11.1. The van der Waals surface area contributed by atoms with E-state index in [2.05, 4.69) is 14.9 Å². The molecule has 1 aliphatic heterocycles.